The first-order valence-corrected chi connectivity index (χ1v) is 8.95. The van der Waals surface area contributed by atoms with Crippen molar-refractivity contribution < 1.29 is 17.0 Å². The van der Waals surface area contributed by atoms with Gasteiger partial charge in [0.05, 0.1) is 5.69 Å². The van der Waals surface area contributed by atoms with Gasteiger partial charge in [0, 0.05) is 23.7 Å². The Morgan fingerprint density at radius 2 is 1.61 bits per heavy atom. The zero-order valence-corrected chi connectivity index (χ0v) is 14.9. The fourth-order valence-electron chi connectivity index (χ4n) is 6.49. The maximum Gasteiger partial charge on any atom is 0.140 e. The van der Waals surface area contributed by atoms with E-state index in [4.69, 9.17) is 4.98 Å². The second-order valence-electron chi connectivity index (χ2n) is 8.43. The van der Waals surface area contributed by atoms with E-state index in [9.17, 15) is 0 Å². The predicted molar refractivity (Wildman–Crippen MR) is 86.6 cm³/mol. The van der Waals surface area contributed by atoms with E-state index in [1.165, 1.54) is 61.2 Å². The summed E-state index contributed by atoms with van der Waals surface area (Å²) in [6, 6.07) is 8.78. The van der Waals surface area contributed by atoms with E-state index in [1.807, 2.05) is 0 Å². The highest BCUT2D eigenvalue weighted by Gasteiger charge is 2.52. The quantitative estimate of drug-likeness (QED) is 0.633. The summed E-state index contributed by atoms with van der Waals surface area (Å²) >= 11 is 0. The summed E-state index contributed by atoms with van der Waals surface area (Å²) < 4.78 is 2.40. The Labute approximate surface area is 148 Å². The van der Waals surface area contributed by atoms with Crippen molar-refractivity contribution in [3.8, 4) is 11.4 Å². The highest BCUT2D eigenvalue weighted by molar-refractivity contribution is 5.65. The number of hydrogen-bond donors (Lipinski definition) is 0. The second-order valence-corrected chi connectivity index (χ2v) is 8.43. The van der Waals surface area contributed by atoms with E-state index in [1.54, 1.807) is 0 Å². The molecule has 5 aliphatic rings. The lowest BCUT2D eigenvalue weighted by Gasteiger charge is -2.56. The van der Waals surface area contributed by atoms with Crippen molar-refractivity contribution in [2.75, 3.05) is 0 Å². The molecule has 2 heterocycles. The molecule has 4 bridgehead atoms. The minimum absolute atomic E-state index is 0. The Morgan fingerprint density at radius 1 is 0.957 bits per heavy atom. The van der Waals surface area contributed by atoms with Gasteiger partial charge >= 0.3 is 0 Å². The van der Waals surface area contributed by atoms with Crippen LogP contribution in [0.25, 0.3) is 11.4 Å². The van der Waals surface area contributed by atoms with Gasteiger partial charge in [-0.3, -0.25) is 0 Å². The average molecular weight is 370 g/mol. The molecule has 0 radical (unpaired) electrons. The van der Waals surface area contributed by atoms with Crippen molar-refractivity contribution in [1.29, 1.82) is 0 Å². The minimum Gasteiger partial charge on any atom is -1.00 e. The molecule has 2 aromatic rings. The lowest BCUT2D eigenvalue weighted by atomic mass is 9.49. The highest BCUT2D eigenvalue weighted by Crippen LogP contribution is 2.60. The Bertz CT molecular complexity index is 740. The molecule has 1 aromatic heterocycles. The van der Waals surface area contributed by atoms with Gasteiger partial charge in [-0.1, -0.05) is 24.3 Å². The number of fused-ring (bicyclic) bond motifs is 3. The second kappa shape index (κ2) is 4.72. The fraction of sp³-hybridized carbons (Fsp3) is 0.550. The first-order chi connectivity index (χ1) is 10.8. The molecule has 1 aromatic carbocycles. The summed E-state index contributed by atoms with van der Waals surface area (Å²) in [7, 11) is 0. The number of benzene rings is 1. The number of imidazole rings is 1. The van der Waals surface area contributed by atoms with Gasteiger partial charge in [0.25, 0.3) is 0 Å². The molecule has 4 aliphatic carbocycles. The molecule has 2 nitrogen and oxygen atoms in total. The third-order valence-electron chi connectivity index (χ3n) is 6.96. The van der Waals surface area contributed by atoms with Crippen molar-refractivity contribution in [3.05, 3.63) is 41.7 Å². The molecule has 4 fully saturated rings. The lowest BCUT2D eigenvalue weighted by molar-refractivity contribution is -0.00706. The first kappa shape index (κ1) is 14.3. The Kier molecular flexibility index (Phi) is 2.93. The molecule has 0 saturated heterocycles. The van der Waals surface area contributed by atoms with Crippen LogP contribution >= 0.6 is 0 Å². The molecule has 0 N–H and O–H groups in total. The molecular formula is C20H22BrN2-. The third-order valence-corrected chi connectivity index (χ3v) is 6.96. The van der Waals surface area contributed by atoms with Crippen molar-refractivity contribution in [2.45, 2.75) is 50.5 Å². The molecule has 0 spiro atoms. The van der Waals surface area contributed by atoms with Crippen molar-refractivity contribution in [3.63, 3.8) is 0 Å². The molecule has 3 heteroatoms. The summed E-state index contributed by atoms with van der Waals surface area (Å²) in [6.45, 7) is 1.02. The zero-order valence-electron chi connectivity index (χ0n) is 13.3. The van der Waals surface area contributed by atoms with Crippen LogP contribution in [0, 0.1) is 17.8 Å². The molecule has 1 aliphatic heterocycles. The first-order valence-electron chi connectivity index (χ1n) is 8.95. The van der Waals surface area contributed by atoms with Crippen molar-refractivity contribution in [2.24, 2.45) is 17.8 Å². The van der Waals surface area contributed by atoms with E-state index in [0.717, 1.165) is 24.3 Å². The van der Waals surface area contributed by atoms with Crippen LogP contribution in [0.5, 0.6) is 0 Å². The Hall–Kier alpha value is -1.09. The normalized spacial score (nSPS) is 35.7. The number of nitrogens with zero attached hydrogens (tertiary/aromatic N) is 2. The van der Waals surface area contributed by atoms with Gasteiger partial charge in [0.15, 0.2) is 0 Å². The van der Waals surface area contributed by atoms with Gasteiger partial charge in [0.1, 0.15) is 5.82 Å². The van der Waals surface area contributed by atoms with Gasteiger partial charge < -0.3 is 21.5 Å². The highest BCUT2D eigenvalue weighted by atomic mass is 79.9. The molecule has 7 rings (SSSR count). The van der Waals surface area contributed by atoms with Gasteiger partial charge in [0.2, 0.25) is 0 Å². The van der Waals surface area contributed by atoms with Gasteiger partial charge in [-0.25, -0.2) is 4.98 Å². The number of rotatable bonds is 1. The van der Waals surface area contributed by atoms with Crippen molar-refractivity contribution >= 4 is 0 Å². The molecule has 0 atom stereocenters. The zero-order chi connectivity index (χ0) is 14.3. The largest absolute Gasteiger partial charge is 1.00 e. The molecule has 120 valence electrons. The molecule has 4 saturated carbocycles. The maximum absolute atomic E-state index is 5.19. The van der Waals surface area contributed by atoms with E-state index in [0.29, 0.717) is 5.41 Å². The van der Waals surface area contributed by atoms with Gasteiger partial charge in [-0.2, -0.15) is 0 Å². The summed E-state index contributed by atoms with van der Waals surface area (Å²) in [5.41, 5.74) is 4.65. The van der Waals surface area contributed by atoms with Crippen LogP contribution in [0.15, 0.2) is 30.5 Å². The van der Waals surface area contributed by atoms with Crippen LogP contribution in [-0.4, -0.2) is 9.55 Å². The molecule has 0 unspecified atom stereocenters. The number of hydrogen-bond acceptors (Lipinski definition) is 1. The van der Waals surface area contributed by atoms with E-state index in [-0.39, 0.29) is 17.0 Å². The molecule has 23 heavy (non-hydrogen) atoms. The molecular weight excluding hydrogens is 348 g/mol. The summed E-state index contributed by atoms with van der Waals surface area (Å²) in [5, 5.41) is 0. The van der Waals surface area contributed by atoms with Crippen LogP contribution in [-0.2, 0) is 12.0 Å². The number of aromatic nitrogens is 2. The molecule has 0 amide bonds. The Morgan fingerprint density at radius 3 is 2.30 bits per heavy atom. The van der Waals surface area contributed by atoms with E-state index < -0.39 is 0 Å². The van der Waals surface area contributed by atoms with Crippen LogP contribution < -0.4 is 17.0 Å². The van der Waals surface area contributed by atoms with Crippen molar-refractivity contribution in [1.82, 2.24) is 9.55 Å². The topological polar surface area (TPSA) is 17.8 Å². The average Bonchev–Trinajstić information content (AvgIpc) is 3.03. The van der Waals surface area contributed by atoms with Gasteiger partial charge in [-0.15, -0.1) is 0 Å². The minimum atomic E-state index is 0. The summed E-state index contributed by atoms with van der Waals surface area (Å²) in [5.74, 6) is 4.21. The summed E-state index contributed by atoms with van der Waals surface area (Å²) in [4.78, 5) is 5.19. The van der Waals surface area contributed by atoms with Crippen LogP contribution in [0.1, 0.15) is 49.8 Å². The Balaban J connectivity index is 0.00000121. The SMILES string of the molecule is [Br-].c1ccc2c(c1)Cn1cc(C34CC5CC(CC(C5)C3)C4)nc1-2. The van der Waals surface area contributed by atoms with E-state index in [2.05, 4.69) is 35.0 Å². The summed E-state index contributed by atoms with van der Waals surface area (Å²) in [6.07, 6.45) is 11.2. The van der Waals surface area contributed by atoms with Crippen LogP contribution in [0.3, 0.4) is 0 Å². The monoisotopic (exact) mass is 369 g/mol. The van der Waals surface area contributed by atoms with Gasteiger partial charge in [-0.05, 0) is 61.8 Å². The fourth-order valence-corrected chi connectivity index (χ4v) is 6.49. The van der Waals surface area contributed by atoms with E-state index >= 15 is 0 Å². The standard InChI is InChI=1S/C20H22N2.BrH/c1-2-4-17-16(3-1)11-22-12-18(21-19(17)22)20-8-13-5-14(9-20)7-15(6-13)10-20;/h1-4,12-15H,5-11H2;1H/p-1. The predicted octanol–water partition coefficient (Wildman–Crippen LogP) is 1.38. The third kappa shape index (κ3) is 1.89. The maximum atomic E-state index is 5.19. The number of halogens is 1. The smallest absolute Gasteiger partial charge is 0.140 e. The van der Waals surface area contributed by atoms with Crippen LogP contribution in [0.2, 0.25) is 0 Å². The van der Waals surface area contributed by atoms with Crippen LogP contribution in [0.4, 0.5) is 0 Å². The lowest BCUT2D eigenvalue weighted by Crippen LogP contribution is -3.00.